The highest BCUT2D eigenvalue weighted by Crippen LogP contribution is 2.23. The Bertz CT molecular complexity index is 1140. The molecule has 0 saturated carbocycles. The van der Waals surface area contributed by atoms with Crippen molar-refractivity contribution < 1.29 is 9.59 Å². The number of rotatable bonds is 8. The van der Waals surface area contributed by atoms with Crippen LogP contribution in [0.3, 0.4) is 0 Å². The molecule has 2 amide bonds. The molecule has 0 saturated heterocycles. The van der Waals surface area contributed by atoms with E-state index in [4.69, 9.17) is 23.2 Å². The first-order valence-electron chi connectivity index (χ1n) is 10.1. The van der Waals surface area contributed by atoms with Crippen molar-refractivity contribution >= 4 is 41.1 Å². The van der Waals surface area contributed by atoms with Crippen molar-refractivity contribution in [2.45, 2.75) is 26.4 Å². The van der Waals surface area contributed by atoms with Crippen molar-refractivity contribution in [3.8, 4) is 0 Å². The molecule has 1 aromatic carbocycles. The van der Waals surface area contributed by atoms with Crippen LogP contribution in [0.5, 0.6) is 0 Å². The predicted octanol–water partition coefficient (Wildman–Crippen LogP) is 4.21. The Hall–Kier alpha value is -3.16. The zero-order valence-corrected chi connectivity index (χ0v) is 19.2. The molecule has 9 heteroatoms. The Morgan fingerprint density at radius 3 is 2.72 bits per heavy atom. The van der Waals surface area contributed by atoms with Crippen molar-refractivity contribution in [1.82, 2.24) is 25.4 Å². The summed E-state index contributed by atoms with van der Waals surface area (Å²) in [4.78, 5) is 28.4. The summed E-state index contributed by atoms with van der Waals surface area (Å²) in [6.45, 7) is 4.73. The molecule has 0 unspecified atom stereocenters. The van der Waals surface area contributed by atoms with Gasteiger partial charge in [-0.05, 0) is 43.7 Å². The third-order valence-corrected chi connectivity index (χ3v) is 5.25. The molecule has 0 aliphatic heterocycles. The van der Waals surface area contributed by atoms with Crippen LogP contribution < -0.4 is 10.6 Å². The average Bonchev–Trinajstić information content (AvgIpc) is 3.22. The molecule has 2 N–H and O–H groups in total. The van der Waals surface area contributed by atoms with E-state index in [9.17, 15) is 9.59 Å². The summed E-state index contributed by atoms with van der Waals surface area (Å²) in [7, 11) is 0. The van der Waals surface area contributed by atoms with E-state index in [0.717, 1.165) is 11.1 Å². The molecule has 0 aliphatic carbocycles. The predicted molar refractivity (Wildman–Crippen MR) is 126 cm³/mol. The minimum absolute atomic E-state index is 0.206. The number of hydrogen-bond acceptors (Lipinski definition) is 4. The Balaban J connectivity index is 1.58. The first-order chi connectivity index (χ1) is 15.4. The molecule has 2 aromatic heterocycles. The molecule has 7 nitrogen and oxygen atoms in total. The third kappa shape index (κ3) is 6.42. The van der Waals surface area contributed by atoms with E-state index in [1.807, 2.05) is 44.3 Å². The van der Waals surface area contributed by atoms with Crippen LogP contribution >= 0.6 is 23.2 Å². The van der Waals surface area contributed by atoms with Crippen molar-refractivity contribution in [3.63, 3.8) is 0 Å². The highest BCUT2D eigenvalue weighted by atomic mass is 35.5. The van der Waals surface area contributed by atoms with E-state index in [1.54, 1.807) is 23.0 Å². The topological polar surface area (TPSA) is 88.9 Å². The quantitative estimate of drug-likeness (QED) is 0.514. The highest BCUT2D eigenvalue weighted by molar-refractivity contribution is 6.42. The summed E-state index contributed by atoms with van der Waals surface area (Å²) in [6.07, 6.45) is 8.83. The van der Waals surface area contributed by atoms with Gasteiger partial charge in [-0.3, -0.25) is 19.3 Å². The lowest BCUT2D eigenvalue weighted by atomic mass is 10.2. The van der Waals surface area contributed by atoms with E-state index < -0.39 is 0 Å². The fourth-order valence-electron chi connectivity index (χ4n) is 2.92. The number of aromatic nitrogens is 3. The summed E-state index contributed by atoms with van der Waals surface area (Å²) in [5.41, 5.74) is 2.46. The van der Waals surface area contributed by atoms with E-state index in [1.165, 1.54) is 12.3 Å². The number of carbonyl (C=O) groups is 2. The molecule has 0 radical (unpaired) electrons. The molecule has 2 heterocycles. The van der Waals surface area contributed by atoms with Gasteiger partial charge in [0.15, 0.2) is 0 Å². The second-order valence-electron chi connectivity index (χ2n) is 7.13. The fourth-order valence-corrected chi connectivity index (χ4v) is 3.24. The standard InChI is InChI=1S/C23H23Cl2N5O2/c1-3-26-23(32)21-11-18(8-9-27-21)22(31)29-15(2)4-5-17-12-28-30(14-17)13-16-6-7-19(24)20(25)10-16/h4-12,14-15H,3,13H2,1-2H3,(H,26,32)(H,29,31)/b5-4+/t15-/m0/s1. The van der Waals surface area contributed by atoms with Crippen LogP contribution in [0, 0.1) is 0 Å². The van der Waals surface area contributed by atoms with Crippen LogP contribution in [0.25, 0.3) is 6.08 Å². The third-order valence-electron chi connectivity index (χ3n) is 4.51. The van der Waals surface area contributed by atoms with Crippen LogP contribution in [-0.4, -0.2) is 39.2 Å². The number of amides is 2. The summed E-state index contributed by atoms with van der Waals surface area (Å²) >= 11 is 12.0. The Morgan fingerprint density at radius 1 is 1.16 bits per heavy atom. The molecular weight excluding hydrogens is 449 g/mol. The molecular formula is C23H23Cl2N5O2. The van der Waals surface area contributed by atoms with Gasteiger partial charge in [-0.2, -0.15) is 5.10 Å². The van der Waals surface area contributed by atoms with Gasteiger partial charge in [0, 0.05) is 36.1 Å². The maximum absolute atomic E-state index is 12.5. The summed E-state index contributed by atoms with van der Waals surface area (Å²) in [5, 5.41) is 10.9. The lowest BCUT2D eigenvalue weighted by Gasteiger charge is -2.10. The molecule has 1 atom stereocenters. The second-order valence-corrected chi connectivity index (χ2v) is 7.94. The molecule has 0 fully saturated rings. The average molecular weight is 472 g/mol. The summed E-state index contributed by atoms with van der Waals surface area (Å²) in [5.74, 6) is -0.599. The number of pyridine rings is 1. The van der Waals surface area contributed by atoms with Crippen molar-refractivity contribution in [2.75, 3.05) is 6.54 Å². The van der Waals surface area contributed by atoms with E-state index >= 15 is 0 Å². The fraction of sp³-hybridized carbons (Fsp3) is 0.217. The Labute approximate surface area is 196 Å². The van der Waals surface area contributed by atoms with Gasteiger partial charge in [0.25, 0.3) is 11.8 Å². The van der Waals surface area contributed by atoms with E-state index in [2.05, 4.69) is 20.7 Å². The van der Waals surface area contributed by atoms with Crippen molar-refractivity contribution in [3.05, 3.63) is 87.4 Å². The maximum atomic E-state index is 12.5. The SMILES string of the molecule is CCNC(=O)c1cc(C(=O)N[C@@H](C)/C=C/c2cnn(Cc3ccc(Cl)c(Cl)c3)c2)ccn1. The Kier molecular flexibility index (Phi) is 8.03. The lowest BCUT2D eigenvalue weighted by molar-refractivity contribution is 0.0947. The van der Waals surface area contributed by atoms with Gasteiger partial charge >= 0.3 is 0 Å². The minimum atomic E-state index is -0.312. The van der Waals surface area contributed by atoms with Crippen molar-refractivity contribution in [2.24, 2.45) is 0 Å². The smallest absolute Gasteiger partial charge is 0.269 e. The van der Waals surface area contributed by atoms with Gasteiger partial charge in [-0.15, -0.1) is 0 Å². The zero-order valence-electron chi connectivity index (χ0n) is 17.7. The van der Waals surface area contributed by atoms with Crippen molar-refractivity contribution in [1.29, 1.82) is 0 Å². The van der Waals surface area contributed by atoms with Crippen LogP contribution in [0.15, 0.2) is 55.0 Å². The normalized spacial score (nSPS) is 12.0. The summed E-state index contributed by atoms with van der Waals surface area (Å²) < 4.78 is 1.79. The highest BCUT2D eigenvalue weighted by Gasteiger charge is 2.12. The number of nitrogens with one attached hydrogen (secondary N) is 2. The minimum Gasteiger partial charge on any atom is -0.351 e. The molecule has 3 aromatic rings. The number of carbonyl (C=O) groups excluding carboxylic acids is 2. The molecule has 0 aliphatic rings. The van der Waals surface area contributed by atoms with Crippen LogP contribution in [0.4, 0.5) is 0 Å². The molecule has 0 spiro atoms. The lowest BCUT2D eigenvalue weighted by Crippen LogP contribution is -2.31. The van der Waals surface area contributed by atoms with Gasteiger partial charge in [0.1, 0.15) is 5.69 Å². The first-order valence-corrected chi connectivity index (χ1v) is 10.8. The van der Waals surface area contributed by atoms with Gasteiger partial charge < -0.3 is 10.6 Å². The van der Waals surface area contributed by atoms with E-state index in [0.29, 0.717) is 28.7 Å². The first kappa shape index (κ1) is 23.5. The number of nitrogens with zero attached hydrogens (tertiary/aromatic N) is 3. The van der Waals surface area contributed by atoms with Crippen LogP contribution in [0.2, 0.25) is 10.0 Å². The summed E-state index contributed by atoms with van der Waals surface area (Å²) in [6, 6.07) is 8.29. The molecule has 32 heavy (non-hydrogen) atoms. The molecule has 166 valence electrons. The number of hydrogen-bond donors (Lipinski definition) is 2. The van der Waals surface area contributed by atoms with Gasteiger partial charge in [0.2, 0.25) is 0 Å². The molecule has 3 rings (SSSR count). The Morgan fingerprint density at radius 2 is 1.97 bits per heavy atom. The van der Waals surface area contributed by atoms with Gasteiger partial charge in [0.05, 0.1) is 22.8 Å². The number of benzene rings is 1. The monoisotopic (exact) mass is 471 g/mol. The zero-order chi connectivity index (χ0) is 23.1. The van der Waals surface area contributed by atoms with Crippen LogP contribution in [-0.2, 0) is 6.54 Å². The van der Waals surface area contributed by atoms with E-state index in [-0.39, 0.29) is 23.6 Å². The van der Waals surface area contributed by atoms with Gasteiger partial charge in [-0.1, -0.05) is 41.4 Å². The molecule has 0 bridgehead atoms. The maximum Gasteiger partial charge on any atom is 0.269 e. The van der Waals surface area contributed by atoms with Crippen LogP contribution in [0.1, 0.15) is 45.8 Å². The largest absolute Gasteiger partial charge is 0.351 e. The second kappa shape index (κ2) is 10.9. The number of halogens is 2. The van der Waals surface area contributed by atoms with Gasteiger partial charge in [-0.25, -0.2) is 0 Å².